The average Bonchev–Trinajstić information content (AvgIpc) is 2.87. The zero-order valence-corrected chi connectivity index (χ0v) is 15.1. The molecule has 1 aromatic carbocycles. The van der Waals surface area contributed by atoms with Gasteiger partial charge in [0.25, 0.3) is 5.76 Å². The van der Waals surface area contributed by atoms with Crippen molar-refractivity contribution in [3.63, 3.8) is 0 Å². The van der Waals surface area contributed by atoms with E-state index in [-0.39, 0.29) is 23.7 Å². The minimum absolute atomic E-state index is 0.258. The number of hydrogen-bond donors (Lipinski definition) is 1. The molecule has 2 unspecified atom stereocenters. The SMILES string of the molecule is C[C@@H](C(=O)Nc1ccc(SC(F)F)cc1)N1C(=O)C2CCCCC2C1=O. The largest absolute Gasteiger partial charge is 0.324 e. The first-order chi connectivity index (χ1) is 12.4. The Morgan fingerprint density at radius 2 is 1.65 bits per heavy atom. The molecule has 1 aliphatic heterocycles. The molecular formula is C18H20F2N2O3S. The highest BCUT2D eigenvalue weighted by molar-refractivity contribution is 7.99. The first-order valence-electron chi connectivity index (χ1n) is 8.61. The smallest absolute Gasteiger partial charge is 0.288 e. The van der Waals surface area contributed by atoms with E-state index >= 15 is 0 Å². The predicted molar refractivity (Wildman–Crippen MR) is 93.7 cm³/mol. The second kappa shape index (κ2) is 7.73. The van der Waals surface area contributed by atoms with Gasteiger partial charge < -0.3 is 5.32 Å². The average molecular weight is 382 g/mol. The summed E-state index contributed by atoms with van der Waals surface area (Å²) in [5, 5.41) is 2.64. The number of hydrogen-bond acceptors (Lipinski definition) is 4. The van der Waals surface area contributed by atoms with Crippen LogP contribution in [0.3, 0.4) is 0 Å². The van der Waals surface area contributed by atoms with Crippen molar-refractivity contribution in [1.29, 1.82) is 0 Å². The molecule has 140 valence electrons. The number of fused-ring (bicyclic) bond motifs is 1. The summed E-state index contributed by atoms with van der Waals surface area (Å²) in [5.74, 6) is -4.09. The Hall–Kier alpha value is -1.96. The van der Waals surface area contributed by atoms with Crippen molar-refractivity contribution in [3.05, 3.63) is 24.3 Å². The van der Waals surface area contributed by atoms with Crippen LogP contribution in [0.4, 0.5) is 14.5 Å². The van der Waals surface area contributed by atoms with Crippen molar-refractivity contribution in [1.82, 2.24) is 4.90 Å². The number of nitrogens with one attached hydrogen (secondary N) is 1. The van der Waals surface area contributed by atoms with E-state index in [1.165, 1.54) is 31.2 Å². The zero-order chi connectivity index (χ0) is 18.8. The van der Waals surface area contributed by atoms with Crippen LogP contribution in [0, 0.1) is 11.8 Å². The van der Waals surface area contributed by atoms with Crippen LogP contribution in [0.5, 0.6) is 0 Å². The van der Waals surface area contributed by atoms with E-state index in [1.807, 2.05) is 0 Å². The van der Waals surface area contributed by atoms with Crippen LogP contribution in [0.1, 0.15) is 32.6 Å². The molecule has 1 N–H and O–H groups in total. The van der Waals surface area contributed by atoms with Gasteiger partial charge in [0.2, 0.25) is 17.7 Å². The minimum atomic E-state index is -2.51. The molecule has 3 atom stereocenters. The fourth-order valence-corrected chi connectivity index (χ4v) is 4.15. The maximum absolute atomic E-state index is 12.5. The van der Waals surface area contributed by atoms with Gasteiger partial charge in [0.1, 0.15) is 6.04 Å². The van der Waals surface area contributed by atoms with Gasteiger partial charge in [0.05, 0.1) is 11.8 Å². The highest BCUT2D eigenvalue weighted by Crippen LogP contribution is 2.39. The Kier molecular flexibility index (Phi) is 5.60. The lowest BCUT2D eigenvalue weighted by Crippen LogP contribution is -2.46. The topological polar surface area (TPSA) is 66.5 Å². The van der Waals surface area contributed by atoms with Crippen LogP contribution in [-0.2, 0) is 14.4 Å². The fourth-order valence-electron chi connectivity index (χ4n) is 3.65. The van der Waals surface area contributed by atoms with Gasteiger partial charge in [0.15, 0.2) is 0 Å². The summed E-state index contributed by atoms with van der Waals surface area (Å²) in [6.45, 7) is 1.53. The molecule has 0 radical (unpaired) electrons. The molecule has 5 nitrogen and oxygen atoms in total. The van der Waals surface area contributed by atoms with Gasteiger partial charge in [-0.15, -0.1) is 0 Å². The molecule has 1 aliphatic carbocycles. The Balaban J connectivity index is 1.66. The van der Waals surface area contributed by atoms with Crippen LogP contribution in [0.15, 0.2) is 29.2 Å². The molecule has 2 fully saturated rings. The monoisotopic (exact) mass is 382 g/mol. The van der Waals surface area contributed by atoms with Crippen LogP contribution in [0.2, 0.25) is 0 Å². The quantitative estimate of drug-likeness (QED) is 0.625. The number of likely N-dealkylation sites (tertiary alicyclic amines) is 1. The molecule has 1 aromatic rings. The summed E-state index contributed by atoms with van der Waals surface area (Å²) in [7, 11) is 0. The number of alkyl halides is 2. The Labute approximate surface area is 154 Å². The van der Waals surface area contributed by atoms with Crippen LogP contribution in [-0.4, -0.2) is 34.4 Å². The fraction of sp³-hybridized carbons (Fsp3) is 0.500. The van der Waals surface area contributed by atoms with E-state index in [1.54, 1.807) is 0 Å². The molecular weight excluding hydrogens is 362 g/mol. The number of rotatable bonds is 5. The summed E-state index contributed by atoms with van der Waals surface area (Å²) in [5.41, 5.74) is 0.428. The highest BCUT2D eigenvalue weighted by Gasteiger charge is 2.50. The van der Waals surface area contributed by atoms with Gasteiger partial charge in [-0.2, -0.15) is 8.78 Å². The number of anilines is 1. The predicted octanol–water partition coefficient (Wildman–Crippen LogP) is 3.50. The van der Waals surface area contributed by atoms with Crippen molar-refractivity contribution in [3.8, 4) is 0 Å². The van der Waals surface area contributed by atoms with E-state index < -0.39 is 17.7 Å². The number of imide groups is 1. The Morgan fingerprint density at radius 3 is 2.15 bits per heavy atom. The number of nitrogens with zero attached hydrogens (tertiary/aromatic N) is 1. The Bertz CT molecular complexity index is 687. The molecule has 1 heterocycles. The number of carbonyl (C=O) groups is 3. The number of carbonyl (C=O) groups excluding carboxylic acids is 3. The molecule has 8 heteroatoms. The van der Waals surface area contributed by atoms with Crippen molar-refractivity contribution < 1.29 is 23.2 Å². The third-order valence-corrected chi connectivity index (χ3v) is 5.71. The lowest BCUT2D eigenvalue weighted by molar-refractivity contribution is -0.146. The van der Waals surface area contributed by atoms with Crippen molar-refractivity contribution in [2.45, 2.75) is 49.3 Å². The van der Waals surface area contributed by atoms with E-state index in [0.29, 0.717) is 35.2 Å². The number of benzene rings is 1. The molecule has 2 aliphatic rings. The van der Waals surface area contributed by atoms with Gasteiger partial charge in [-0.1, -0.05) is 24.6 Å². The summed E-state index contributed by atoms with van der Waals surface area (Å²) in [6, 6.07) is 5.09. The van der Waals surface area contributed by atoms with E-state index in [0.717, 1.165) is 17.7 Å². The first kappa shape index (κ1) is 18.8. The van der Waals surface area contributed by atoms with Gasteiger partial charge in [0, 0.05) is 10.6 Å². The maximum Gasteiger partial charge on any atom is 0.288 e. The van der Waals surface area contributed by atoms with E-state index in [2.05, 4.69) is 5.32 Å². The molecule has 26 heavy (non-hydrogen) atoms. The third-order valence-electron chi connectivity index (χ3n) is 4.99. The molecule has 3 rings (SSSR count). The third kappa shape index (κ3) is 3.75. The molecule has 0 bridgehead atoms. The summed E-state index contributed by atoms with van der Waals surface area (Å²) < 4.78 is 24.7. The standard InChI is InChI=1S/C18H20F2N2O3S/c1-10(22-16(24)13-4-2-3-5-14(13)17(22)25)15(23)21-11-6-8-12(9-7-11)26-18(19)20/h6-10,13-14,18H,2-5H2,1H3,(H,21,23)/t10-,13?,14?/m0/s1. The summed E-state index contributed by atoms with van der Waals surface area (Å²) in [6.07, 6.45) is 3.25. The summed E-state index contributed by atoms with van der Waals surface area (Å²) in [4.78, 5) is 39.1. The molecule has 1 saturated carbocycles. The van der Waals surface area contributed by atoms with Crippen molar-refractivity contribution in [2.24, 2.45) is 11.8 Å². The second-order valence-electron chi connectivity index (χ2n) is 6.61. The number of thioether (sulfide) groups is 1. The van der Waals surface area contributed by atoms with Gasteiger partial charge >= 0.3 is 0 Å². The van der Waals surface area contributed by atoms with Gasteiger partial charge in [-0.05, 0) is 44.0 Å². The number of halogens is 2. The lowest BCUT2D eigenvalue weighted by Gasteiger charge is -2.22. The summed E-state index contributed by atoms with van der Waals surface area (Å²) >= 11 is 0.421. The first-order valence-corrected chi connectivity index (χ1v) is 9.49. The highest BCUT2D eigenvalue weighted by atomic mass is 32.2. The second-order valence-corrected chi connectivity index (χ2v) is 7.68. The van der Waals surface area contributed by atoms with Crippen molar-refractivity contribution >= 4 is 35.2 Å². The van der Waals surface area contributed by atoms with Gasteiger partial charge in [-0.3, -0.25) is 19.3 Å². The lowest BCUT2D eigenvalue weighted by atomic mass is 9.81. The molecule has 0 aromatic heterocycles. The van der Waals surface area contributed by atoms with Crippen LogP contribution in [0.25, 0.3) is 0 Å². The molecule has 1 saturated heterocycles. The zero-order valence-electron chi connectivity index (χ0n) is 14.3. The normalized spacial score (nSPS) is 23.9. The maximum atomic E-state index is 12.5. The van der Waals surface area contributed by atoms with Crippen molar-refractivity contribution in [2.75, 3.05) is 5.32 Å². The van der Waals surface area contributed by atoms with E-state index in [4.69, 9.17) is 0 Å². The van der Waals surface area contributed by atoms with Crippen LogP contribution >= 0.6 is 11.8 Å². The minimum Gasteiger partial charge on any atom is -0.324 e. The molecule has 3 amide bonds. The number of amides is 3. The van der Waals surface area contributed by atoms with Gasteiger partial charge in [-0.25, -0.2) is 0 Å². The molecule has 0 spiro atoms. The Morgan fingerprint density at radius 1 is 1.12 bits per heavy atom. The van der Waals surface area contributed by atoms with Crippen LogP contribution < -0.4 is 5.32 Å². The van der Waals surface area contributed by atoms with E-state index in [9.17, 15) is 23.2 Å².